The summed E-state index contributed by atoms with van der Waals surface area (Å²) < 4.78 is 27.2. The van der Waals surface area contributed by atoms with Gasteiger partial charge in [-0.3, -0.25) is 4.72 Å². The first-order chi connectivity index (χ1) is 9.54. The first kappa shape index (κ1) is 13.0. The highest BCUT2D eigenvalue weighted by molar-refractivity contribution is 7.92. The van der Waals surface area contributed by atoms with Crippen molar-refractivity contribution in [3.8, 4) is 0 Å². The number of sulfonamides is 1. The Hall–Kier alpha value is -2.01. The number of anilines is 2. The van der Waals surface area contributed by atoms with Gasteiger partial charge in [-0.2, -0.15) is 0 Å². The Bertz CT molecular complexity index is 754. The van der Waals surface area contributed by atoms with Crippen LogP contribution >= 0.6 is 0 Å². The molecular weight excluding hydrogens is 272 g/mol. The smallest absolute Gasteiger partial charge is 0.261 e. The number of benzene rings is 2. The Kier molecular flexibility index (Phi) is 3.14. The number of fused-ring (bicyclic) bond motifs is 1. The highest BCUT2D eigenvalue weighted by Crippen LogP contribution is 2.26. The quantitative estimate of drug-likeness (QED) is 0.853. The summed E-state index contributed by atoms with van der Waals surface area (Å²) in [5.74, 6) is 0. The maximum absolute atomic E-state index is 12.3. The molecule has 0 spiro atoms. The maximum Gasteiger partial charge on any atom is 0.261 e. The van der Waals surface area contributed by atoms with Gasteiger partial charge in [-0.1, -0.05) is 12.1 Å². The number of nitrogens with two attached hydrogens (primary N) is 1. The zero-order chi connectivity index (χ0) is 14.2. The minimum atomic E-state index is -3.58. The number of hydrogen-bond acceptors (Lipinski definition) is 3. The van der Waals surface area contributed by atoms with Crippen LogP contribution in [0.2, 0.25) is 0 Å². The van der Waals surface area contributed by atoms with Crippen LogP contribution in [0.5, 0.6) is 0 Å². The fourth-order valence-corrected chi connectivity index (χ4v) is 3.64. The van der Waals surface area contributed by atoms with Gasteiger partial charge in [-0.25, -0.2) is 8.42 Å². The largest absolute Gasteiger partial charge is 0.399 e. The van der Waals surface area contributed by atoms with E-state index in [1.807, 2.05) is 18.2 Å². The molecule has 0 saturated carbocycles. The number of nitrogens with one attached hydrogen (secondary N) is 1. The van der Waals surface area contributed by atoms with Gasteiger partial charge >= 0.3 is 0 Å². The van der Waals surface area contributed by atoms with Gasteiger partial charge in [0.15, 0.2) is 0 Å². The van der Waals surface area contributed by atoms with E-state index in [-0.39, 0.29) is 4.90 Å². The molecule has 0 aromatic heterocycles. The van der Waals surface area contributed by atoms with Crippen molar-refractivity contribution in [3.05, 3.63) is 53.6 Å². The lowest BCUT2D eigenvalue weighted by molar-refractivity contribution is 0.601. The standard InChI is InChI=1S/C15H16N2O2S/c16-13-5-2-6-15(10-13)20(18,19)17-14-8-7-11-3-1-4-12(11)9-14/h2,5-10,17H,1,3-4,16H2. The van der Waals surface area contributed by atoms with Crippen molar-refractivity contribution in [1.29, 1.82) is 0 Å². The molecule has 1 aliphatic carbocycles. The molecule has 0 radical (unpaired) electrons. The molecular formula is C15H16N2O2S. The van der Waals surface area contributed by atoms with Crippen LogP contribution in [0.25, 0.3) is 0 Å². The monoisotopic (exact) mass is 288 g/mol. The zero-order valence-corrected chi connectivity index (χ0v) is 11.8. The Morgan fingerprint density at radius 3 is 2.60 bits per heavy atom. The molecule has 0 saturated heterocycles. The third-order valence-corrected chi connectivity index (χ3v) is 4.90. The number of rotatable bonds is 3. The van der Waals surface area contributed by atoms with E-state index in [2.05, 4.69) is 4.72 Å². The average molecular weight is 288 g/mol. The van der Waals surface area contributed by atoms with Crippen molar-refractivity contribution < 1.29 is 8.42 Å². The summed E-state index contributed by atoms with van der Waals surface area (Å²) in [4.78, 5) is 0.179. The fraction of sp³-hybridized carbons (Fsp3) is 0.200. The maximum atomic E-state index is 12.3. The minimum absolute atomic E-state index is 0.179. The van der Waals surface area contributed by atoms with E-state index in [9.17, 15) is 8.42 Å². The molecule has 0 amide bonds. The van der Waals surface area contributed by atoms with Crippen molar-refractivity contribution in [1.82, 2.24) is 0 Å². The van der Waals surface area contributed by atoms with Crippen LogP contribution in [0.3, 0.4) is 0 Å². The third-order valence-electron chi connectivity index (χ3n) is 3.52. The molecule has 3 rings (SSSR count). The Morgan fingerprint density at radius 2 is 1.80 bits per heavy atom. The van der Waals surface area contributed by atoms with E-state index in [0.717, 1.165) is 19.3 Å². The molecule has 0 atom stereocenters. The van der Waals surface area contributed by atoms with Gasteiger partial charge in [0.25, 0.3) is 10.0 Å². The molecule has 4 nitrogen and oxygen atoms in total. The van der Waals surface area contributed by atoms with Gasteiger partial charge in [0, 0.05) is 11.4 Å². The van der Waals surface area contributed by atoms with Gasteiger partial charge in [-0.05, 0) is 60.7 Å². The Balaban J connectivity index is 1.90. The summed E-state index contributed by atoms with van der Waals surface area (Å²) >= 11 is 0. The van der Waals surface area contributed by atoms with Crippen LogP contribution in [-0.2, 0) is 22.9 Å². The predicted molar refractivity (Wildman–Crippen MR) is 80.1 cm³/mol. The predicted octanol–water partition coefficient (Wildman–Crippen LogP) is 2.56. The molecule has 104 valence electrons. The molecule has 0 fully saturated rings. The molecule has 0 bridgehead atoms. The van der Waals surface area contributed by atoms with E-state index >= 15 is 0 Å². The summed E-state index contributed by atoms with van der Waals surface area (Å²) in [7, 11) is -3.58. The Labute approximate surface area is 118 Å². The number of hydrogen-bond donors (Lipinski definition) is 2. The first-order valence-corrected chi connectivity index (χ1v) is 8.03. The lowest BCUT2D eigenvalue weighted by atomic mass is 10.1. The molecule has 1 aliphatic rings. The molecule has 0 heterocycles. The van der Waals surface area contributed by atoms with Crippen LogP contribution in [0.1, 0.15) is 17.5 Å². The average Bonchev–Trinajstić information content (AvgIpc) is 2.85. The van der Waals surface area contributed by atoms with Crippen molar-refractivity contribution in [2.45, 2.75) is 24.2 Å². The van der Waals surface area contributed by atoms with Crippen molar-refractivity contribution in [2.24, 2.45) is 0 Å². The minimum Gasteiger partial charge on any atom is -0.399 e. The third kappa shape index (κ3) is 2.49. The van der Waals surface area contributed by atoms with E-state index in [1.54, 1.807) is 12.1 Å². The zero-order valence-electron chi connectivity index (χ0n) is 11.0. The molecule has 20 heavy (non-hydrogen) atoms. The molecule has 0 aliphatic heterocycles. The summed E-state index contributed by atoms with van der Waals surface area (Å²) in [6.07, 6.45) is 3.24. The summed E-state index contributed by atoms with van der Waals surface area (Å²) in [6, 6.07) is 12.0. The summed E-state index contributed by atoms with van der Waals surface area (Å²) in [6.45, 7) is 0. The van der Waals surface area contributed by atoms with Crippen LogP contribution in [0.15, 0.2) is 47.4 Å². The molecule has 5 heteroatoms. The SMILES string of the molecule is Nc1cccc(S(=O)(=O)Nc2ccc3c(c2)CCC3)c1. The molecule has 2 aromatic rings. The van der Waals surface area contributed by atoms with Gasteiger partial charge in [0.05, 0.1) is 4.90 Å². The summed E-state index contributed by atoms with van der Waals surface area (Å²) in [5, 5.41) is 0. The lowest BCUT2D eigenvalue weighted by Crippen LogP contribution is -2.13. The second-order valence-corrected chi connectivity index (χ2v) is 6.70. The second-order valence-electron chi connectivity index (χ2n) is 5.02. The van der Waals surface area contributed by atoms with E-state index < -0.39 is 10.0 Å². The van der Waals surface area contributed by atoms with Crippen molar-refractivity contribution >= 4 is 21.4 Å². The first-order valence-electron chi connectivity index (χ1n) is 6.55. The summed E-state index contributed by atoms with van der Waals surface area (Å²) in [5.41, 5.74) is 9.22. The molecule has 2 aromatic carbocycles. The van der Waals surface area contributed by atoms with Gasteiger partial charge in [0.2, 0.25) is 0 Å². The van der Waals surface area contributed by atoms with Crippen LogP contribution in [-0.4, -0.2) is 8.42 Å². The Morgan fingerprint density at radius 1 is 1.00 bits per heavy atom. The van der Waals surface area contributed by atoms with E-state index in [1.165, 1.54) is 23.3 Å². The normalized spacial score (nSPS) is 14.0. The van der Waals surface area contributed by atoms with E-state index in [0.29, 0.717) is 11.4 Å². The van der Waals surface area contributed by atoms with Gasteiger partial charge in [0.1, 0.15) is 0 Å². The lowest BCUT2D eigenvalue weighted by Gasteiger charge is -2.10. The van der Waals surface area contributed by atoms with Crippen LogP contribution in [0, 0.1) is 0 Å². The topological polar surface area (TPSA) is 72.2 Å². The van der Waals surface area contributed by atoms with Gasteiger partial charge in [-0.15, -0.1) is 0 Å². The molecule has 3 N–H and O–H groups in total. The highest BCUT2D eigenvalue weighted by Gasteiger charge is 2.16. The second kappa shape index (κ2) is 4.83. The highest BCUT2D eigenvalue weighted by atomic mass is 32.2. The van der Waals surface area contributed by atoms with E-state index in [4.69, 9.17) is 5.73 Å². The van der Waals surface area contributed by atoms with Crippen molar-refractivity contribution in [2.75, 3.05) is 10.5 Å². The fourth-order valence-electron chi connectivity index (χ4n) is 2.53. The van der Waals surface area contributed by atoms with Crippen LogP contribution in [0.4, 0.5) is 11.4 Å². The van der Waals surface area contributed by atoms with Crippen molar-refractivity contribution in [3.63, 3.8) is 0 Å². The molecule has 0 unspecified atom stereocenters. The van der Waals surface area contributed by atoms with Gasteiger partial charge < -0.3 is 5.73 Å². The van der Waals surface area contributed by atoms with Crippen LogP contribution < -0.4 is 10.5 Å². The number of aryl methyl sites for hydroxylation is 2. The number of nitrogen functional groups attached to an aromatic ring is 1.